The predicted molar refractivity (Wildman–Crippen MR) is 68.7 cm³/mol. The number of carbonyl (C=O) groups excluding carboxylic acids is 1. The van der Waals surface area contributed by atoms with Crippen LogP contribution in [-0.4, -0.2) is 10.6 Å². The third kappa shape index (κ3) is 2.27. The maximum absolute atomic E-state index is 13.6. The van der Waals surface area contributed by atoms with Crippen LogP contribution < -0.4 is 5.43 Å². The lowest BCUT2D eigenvalue weighted by atomic mass is 10.1. The standard InChI is InChI=1S/C14H15FN2O/c1-9-4-7-13(15)12(8-9)14(18)16-17-10(2)5-6-11(17)3/h4-8H,1-3H3,(H,16,18). The van der Waals surface area contributed by atoms with Gasteiger partial charge in [-0.3, -0.25) is 14.9 Å². The Bertz CT molecular complexity index is 582. The van der Waals surface area contributed by atoms with E-state index in [4.69, 9.17) is 0 Å². The summed E-state index contributed by atoms with van der Waals surface area (Å²) in [6, 6.07) is 8.27. The molecule has 2 rings (SSSR count). The number of nitrogens with zero attached hydrogens (tertiary/aromatic N) is 1. The van der Waals surface area contributed by atoms with Crippen molar-refractivity contribution in [1.29, 1.82) is 0 Å². The largest absolute Gasteiger partial charge is 0.273 e. The van der Waals surface area contributed by atoms with Crippen molar-refractivity contribution in [3.05, 3.63) is 58.7 Å². The van der Waals surface area contributed by atoms with Gasteiger partial charge in [0.1, 0.15) is 5.82 Å². The second kappa shape index (κ2) is 4.64. The molecule has 1 aromatic carbocycles. The number of hydrogen-bond acceptors (Lipinski definition) is 1. The van der Waals surface area contributed by atoms with Gasteiger partial charge < -0.3 is 0 Å². The Hall–Kier alpha value is -2.10. The molecule has 2 aromatic rings. The zero-order chi connectivity index (χ0) is 13.3. The Morgan fingerprint density at radius 3 is 2.33 bits per heavy atom. The highest BCUT2D eigenvalue weighted by molar-refractivity contribution is 6.00. The molecule has 0 saturated heterocycles. The van der Waals surface area contributed by atoms with E-state index in [1.807, 2.05) is 32.9 Å². The van der Waals surface area contributed by atoms with Gasteiger partial charge in [0.25, 0.3) is 5.91 Å². The van der Waals surface area contributed by atoms with Crippen molar-refractivity contribution < 1.29 is 9.18 Å². The van der Waals surface area contributed by atoms with Gasteiger partial charge >= 0.3 is 0 Å². The van der Waals surface area contributed by atoms with Gasteiger partial charge in [0.15, 0.2) is 0 Å². The van der Waals surface area contributed by atoms with E-state index in [1.54, 1.807) is 16.8 Å². The molecule has 0 saturated carbocycles. The molecule has 3 nitrogen and oxygen atoms in total. The van der Waals surface area contributed by atoms with Gasteiger partial charge in [0, 0.05) is 11.4 Å². The highest BCUT2D eigenvalue weighted by Crippen LogP contribution is 2.11. The number of aromatic nitrogens is 1. The van der Waals surface area contributed by atoms with Gasteiger partial charge in [0.2, 0.25) is 0 Å². The summed E-state index contributed by atoms with van der Waals surface area (Å²) in [7, 11) is 0. The van der Waals surface area contributed by atoms with E-state index in [2.05, 4.69) is 5.43 Å². The van der Waals surface area contributed by atoms with Crippen molar-refractivity contribution in [3.8, 4) is 0 Å². The van der Waals surface area contributed by atoms with Crippen molar-refractivity contribution in [1.82, 2.24) is 4.68 Å². The van der Waals surface area contributed by atoms with E-state index in [-0.39, 0.29) is 5.56 Å². The van der Waals surface area contributed by atoms with Crippen LogP contribution in [0.3, 0.4) is 0 Å². The minimum atomic E-state index is -0.513. The first kappa shape index (κ1) is 12.4. The van der Waals surface area contributed by atoms with Crippen LogP contribution in [0.25, 0.3) is 0 Å². The SMILES string of the molecule is Cc1ccc(F)c(C(=O)Nn2c(C)ccc2C)c1. The average molecular weight is 246 g/mol. The molecule has 0 unspecified atom stereocenters. The molecule has 1 heterocycles. The van der Waals surface area contributed by atoms with Gasteiger partial charge in [-0.05, 0) is 45.0 Å². The first-order valence-corrected chi connectivity index (χ1v) is 5.71. The zero-order valence-corrected chi connectivity index (χ0v) is 10.6. The van der Waals surface area contributed by atoms with Crippen molar-refractivity contribution in [2.75, 3.05) is 5.43 Å². The van der Waals surface area contributed by atoms with Crippen LogP contribution in [0.1, 0.15) is 27.3 Å². The molecule has 1 amide bonds. The third-order valence-electron chi connectivity index (χ3n) is 2.85. The van der Waals surface area contributed by atoms with E-state index < -0.39 is 11.7 Å². The van der Waals surface area contributed by atoms with Crippen LogP contribution in [0, 0.1) is 26.6 Å². The molecule has 0 aliphatic rings. The van der Waals surface area contributed by atoms with Crippen molar-refractivity contribution in [3.63, 3.8) is 0 Å². The van der Waals surface area contributed by atoms with Crippen LogP contribution in [0.5, 0.6) is 0 Å². The summed E-state index contributed by atoms with van der Waals surface area (Å²) in [6.07, 6.45) is 0. The quantitative estimate of drug-likeness (QED) is 0.868. The summed E-state index contributed by atoms with van der Waals surface area (Å²) < 4.78 is 15.2. The number of halogens is 1. The topological polar surface area (TPSA) is 34.0 Å². The Morgan fingerprint density at radius 1 is 1.11 bits per heavy atom. The molecule has 0 spiro atoms. The summed E-state index contributed by atoms with van der Waals surface area (Å²) in [5.41, 5.74) is 5.38. The van der Waals surface area contributed by atoms with Crippen LogP contribution in [-0.2, 0) is 0 Å². The fourth-order valence-corrected chi connectivity index (χ4v) is 1.82. The normalized spacial score (nSPS) is 10.4. The fraction of sp³-hybridized carbons (Fsp3) is 0.214. The van der Waals surface area contributed by atoms with E-state index in [0.717, 1.165) is 17.0 Å². The molecule has 0 aliphatic heterocycles. The van der Waals surface area contributed by atoms with Crippen molar-refractivity contribution in [2.45, 2.75) is 20.8 Å². The minimum absolute atomic E-state index is 0.0579. The molecule has 1 N–H and O–H groups in total. The third-order valence-corrected chi connectivity index (χ3v) is 2.85. The molecular weight excluding hydrogens is 231 g/mol. The molecule has 18 heavy (non-hydrogen) atoms. The molecule has 0 aliphatic carbocycles. The predicted octanol–water partition coefficient (Wildman–Crippen LogP) is 2.94. The zero-order valence-electron chi connectivity index (χ0n) is 10.6. The van der Waals surface area contributed by atoms with Gasteiger partial charge in [-0.2, -0.15) is 0 Å². The van der Waals surface area contributed by atoms with Crippen LogP contribution >= 0.6 is 0 Å². The number of aryl methyl sites for hydroxylation is 3. The first-order chi connectivity index (χ1) is 8.49. The average Bonchev–Trinajstić information content (AvgIpc) is 2.64. The summed E-state index contributed by atoms with van der Waals surface area (Å²) >= 11 is 0. The highest BCUT2D eigenvalue weighted by Gasteiger charge is 2.13. The Morgan fingerprint density at radius 2 is 1.72 bits per heavy atom. The molecule has 0 bridgehead atoms. The smallest absolute Gasteiger partial charge is 0.267 e. The maximum Gasteiger partial charge on any atom is 0.273 e. The number of hydrogen-bond donors (Lipinski definition) is 1. The Labute approximate surface area is 105 Å². The molecule has 1 aromatic heterocycles. The molecule has 0 fully saturated rings. The summed E-state index contributed by atoms with van der Waals surface area (Å²) in [5.74, 6) is -0.959. The van der Waals surface area contributed by atoms with Gasteiger partial charge in [-0.15, -0.1) is 0 Å². The number of benzene rings is 1. The minimum Gasteiger partial charge on any atom is -0.267 e. The second-order valence-electron chi connectivity index (χ2n) is 4.38. The molecular formula is C14H15FN2O. The fourth-order valence-electron chi connectivity index (χ4n) is 1.82. The highest BCUT2D eigenvalue weighted by atomic mass is 19.1. The van der Waals surface area contributed by atoms with Gasteiger partial charge in [0.05, 0.1) is 5.56 Å². The molecule has 94 valence electrons. The monoisotopic (exact) mass is 246 g/mol. The number of nitrogens with one attached hydrogen (secondary N) is 1. The van der Waals surface area contributed by atoms with Crippen molar-refractivity contribution in [2.24, 2.45) is 0 Å². The Kier molecular flexibility index (Phi) is 3.19. The lowest BCUT2D eigenvalue weighted by Gasteiger charge is -2.12. The summed E-state index contributed by atoms with van der Waals surface area (Å²) in [6.45, 7) is 5.57. The van der Waals surface area contributed by atoms with Crippen LogP contribution in [0.2, 0.25) is 0 Å². The molecule has 4 heteroatoms. The summed E-state index contributed by atoms with van der Waals surface area (Å²) in [5, 5.41) is 0. The Balaban J connectivity index is 2.30. The number of carbonyl (C=O) groups is 1. The molecule has 0 radical (unpaired) electrons. The molecule has 0 atom stereocenters. The maximum atomic E-state index is 13.6. The van der Waals surface area contributed by atoms with E-state index >= 15 is 0 Å². The first-order valence-electron chi connectivity index (χ1n) is 5.71. The lowest BCUT2D eigenvalue weighted by molar-refractivity contribution is 0.100. The van der Waals surface area contributed by atoms with Gasteiger partial charge in [-0.1, -0.05) is 11.6 Å². The summed E-state index contributed by atoms with van der Waals surface area (Å²) in [4.78, 5) is 12.0. The van der Waals surface area contributed by atoms with E-state index in [1.165, 1.54) is 6.07 Å². The second-order valence-corrected chi connectivity index (χ2v) is 4.38. The van der Waals surface area contributed by atoms with Crippen molar-refractivity contribution >= 4 is 5.91 Å². The van der Waals surface area contributed by atoms with E-state index in [0.29, 0.717) is 0 Å². The van der Waals surface area contributed by atoms with E-state index in [9.17, 15) is 9.18 Å². The van der Waals surface area contributed by atoms with Crippen LogP contribution in [0.4, 0.5) is 4.39 Å². The number of rotatable bonds is 2. The van der Waals surface area contributed by atoms with Gasteiger partial charge in [-0.25, -0.2) is 4.39 Å². The lowest BCUT2D eigenvalue weighted by Crippen LogP contribution is -2.25. The van der Waals surface area contributed by atoms with Crippen LogP contribution in [0.15, 0.2) is 30.3 Å². The number of amides is 1.